The van der Waals surface area contributed by atoms with Crippen molar-refractivity contribution in [3.63, 3.8) is 0 Å². The van der Waals surface area contributed by atoms with Crippen LogP contribution in [0.3, 0.4) is 0 Å². The number of carbonyl (C=O) groups excluding carboxylic acids is 2. The van der Waals surface area contributed by atoms with Crippen LogP contribution in [0.4, 0.5) is 0 Å². The van der Waals surface area contributed by atoms with Crippen molar-refractivity contribution in [1.29, 1.82) is 10.8 Å². The molecule has 8 nitrogen and oxygen atoms in total. The van der Waals surface area contributed by atoms with Crippen molar-refractivity contribution in [3.05, 3.63) is 0 Å². The summed E-state index contributed by atoms with van der Waals surface area (Å²) in [5.41, 5.74) is 0. The van der Waals surface area contributed by atoms with Crippen LogP contribution >= 0.6 is 0 Å². The minimum absolute atomic E-state index is 0.140. The van der Waals surface area contributed by atoms with Gasteiger partial charge in [0.2, 0.25) is 12.2 Å². The van der Waals surface area contributed by atoms with E-state index in [-0.39, 0.29) is 24.4 Å². The SMILES string of the molecule is N=C=O.N=C=O.OC1CCC(O)CC1.OC1CCC(O)CC1. The smallest absolute Gasteiger partial charge is 0.231 e. The molecule has 0 aromatic carbocycles. The summed E-state index contributed by atoms with van der Waals surface area (Å²) in [5.74, 6) is 0. The molecule has 0 radical (unpaired) electrons. The summed E-state index contributed by atoms with van der Waals surface area (Å²) in [6, 6.07) is 0. The summed E-state index contributed by atoms with van der Waals surface area (Å²) in [6.45, 7) is 0. The van der Waals surface area contributed by atoms with Gasteiger partial charge < -0.3 is 20.4 Å². The Morgan fingerprint density at radius 2 is 0.636 bits per heavy atom. The molecule has 0 bridgehead atoms. The summed E-state index contributed by atoms with van der Waals surface area (Å²) < 4.78 is 0. The van der Waals surface area contributed by atoms with Crippen LogP contribution in [0.25, 0.3) is 0 Å². The van der Waals surface area contributed by atoms with Gasteiger partial charge in [-0.1, -0.05) is 0 Å². The minimum Gasteiger partial charge on any atom is -0.393 e. The highest BCUT2D eigenvalue weighted by Gasteiger charge is 2.16. The number of aliphatic hydroxyl groups excluding tert-OH is 4. The quantitative estimate of drug-likeness (QED) is 0.279. The van der Waals surface area contributed by atoms with Crippen LogP contribution in [-0.2, 0) is 9.59 Å². The number of rotatable bonds is 0. The lowest BCUT2D eigenvalue weighted by molar-refractivity contribution is 0.0541. The monoisotopic (exact) mass is 318 g/mol. The summed E-state index contributed by atoms with van der Waals surface area (Å²) in [7, 11) is 0. The summed E-state index contributed by atoms with van der Waals surface area (Å²) >= 11 is 0. The summed E-state index contributed by atoms with van der Waals surface area (Å²) in [6.07, 6.45) is 7.17. The van der Waals surface area contributed by atoms with Crippen molar-refractivity contribution in [2.75, 3.05) is 0 Å². The second-order valence-electron chi connectivity index (χ2n) is 5.13. The normalized spacial score (nSPS) is 29.6. The molecule has 2 aliphatic rings. The number of hydrogen-bond donors (Lipinski definition) is 6. The first-order valence-electron chi connectivity index (χ1n) is 7.21. The van der Waals surface area contributed by atoms with Gasteiger partial charge in [0.25, 0.3) is 0 Å². The van der Waals surface area contributed by atoms with E-state index in [0.717, 1.165) is 63.5 Å². The molecule has 8 heteroatoms. The molecule has 0 atom stereocenters. The number of nitrogens with one attached hydrogen (secondary N) is 2. The summed E-state index contributed by atoms with van der Waals surface area (Å²) in [5, 5.41) is 46.5. The van der Waals surface area contributed by atoms with E-state index in [1.807, 2.05) is 0 Å². The van der Waals surface area contributed by atoms with Gasteiger partial charge in [-0.2, -0.15) is 0 Å². The molecule has 0 aliphatic heterocycles. The molecule has 2 aliphatic carbocycles. The van der Waals surface area contributed by atoms with E-state index < -0.39 is 0 Å². The molecule has 128 valence electrons. The molecule has 2 fully saturated rings. The molecular formula is C14H26N2O6. The molecule has 22 heavy (non-hydrogen) atoms. The standard InChI is InChI=1S/2C6H12O2.2CHNO/c2*7-5-1-2-6(8)4-3-5;2*2-1-3/h2*5-8H,1-4H2;2*2H. The van der Waals surface area contributed by atoms with Crippen molar-refractivity contribution in [2.45, 2.75) is 75.8 Å². The fourth-order valence-electron chi connectivity index (χ4n) is 2.12. The van der Waals surface area contributed by atoms with Crippen LogP contribution in [0.15, 0.2) is 0 Å². The van der Waals surface area contributed by atoms with Gasteiger partial charge in [-0.05, 0) is 51.4 Å². The molecule has 0 saturated heterocycles. The van der Waals surface area contributed by atoms with E-state index in [0.29, 0.717) is 0 Å². The predicted octanol–water partition coefficient (Wildman–Crippen LogP) is 0.366. The Kier molecular flexibility index (Phi) is 16.6. The Bertz CT molecular complexity index is 259. The molecule has 0 heterocycles. The zero-order valence-corrected chi connectivity index (χ0v) is 12.6. The van der Waals surface area contributed by atoms with Gasteiger partial charge in [0.05, 0.1) is 24.4 Å². The molecule has 0 spiro atoms. The van der Waals surface area contributed by atoms with Gasteiger partial charge in [-0.25, -0.2) is 20.4 Å². The third kappa shape index (κ3) is 16.7. The average molecular weight is 318 g/mol. The van der Waals surface area contributed by atoms with Gasteiger partial charge in [-0.3, -0.25) is 0 Å². The second-order valence-corrected chi connectivity index (χ2v) is 5.13. The first-order chi connectivity index (χ1) is 10.4. The number of hydrogen-bond acceptors (Lipinski definition) is 8. The second kappa shape index (κ2) is 16.0. The summed E-state index contributed by atoms with van der Waals surface area (Å²) in [4.78, 5) is 16.7. The molecule has 0 unspecified atom stereocenters. The molecule has 6 N–H and O–H groups in total. The lowest BCUT2D eigenvalue weighted by Gasteiger charge is -2.20. The third-order valence-electron chi connectivity index (χ3n) is 3.33. The maximum Gasteiger partial charge on any atom is 0.231 e. The van der Waals surface area contributed by atoms with Crippen molar-refractivity contribution < 1.29 is 30.0 Å². The van der Waals surface area contributed by atoms with Crippen molar-refractivity contribution in [3.8, 4) is 0 Å². The average Bonchev–Trinajstić information content (AvgIpc) is 2.48. The fourth-order valence-corrected chi connectivity index (χ4v) is 2.12. The predicted molar refractivity (Wildman–Crippen MR) is 77.8 cm³/mol. The molecule has 0 aromatic rings. The Morgan fingerprint density at radius 3 is 0.727 bits per heavy atom. The largest absolute Gasteiger partial charge is 0.393 e. The maximum atomic E-state index is 8.92. The van der Waals surface area contributed by atoms with Crippen molar-refractivity contribution in [2.24, 2.45) is 0 Å². The Labute approximate surface area is 129 Å². The highest BCUT2D eigenvalue weighted by molar-refractivity contribution is 5.26. The van der Waals surface area contributed by atoms with E-state index in [4.69, 9.17) is 40.8 Å². The maximum absolute atomic E-state index is 8.92. The Hall–Kier alpha value is -1.40. The van der Waals surface area contributed by atoms with Gasteiger partial charge >= 0.3 is 0 Å². The lowest BCUT2D eigenvalue weighted by Crippen LogP contribution is -2.21. The molecule has 0 amide bonds. The zero-order chi connectivity index (χ0) is 17.4. The van der Waals surface area contributed by atoms with Crippen LogP contribution < -0.4 is 0 Å². The molecular weight excluding hydrogens is 292 g/mol. The van der Waals surface area contributed by atoms with E-state index >= 15 is 0 Å². The van der Waals surface area contributed by atoms with E-state index in [9.17, 15) is 0 Å². The molecule has 0 aromatic heterocycles. The number of aliphatic hydroxyl groups is 4. The Balaban J connectivity index is 0. The number of isocyanates is 2. The molecule has 2 rings (SSSR count). The highest BCUT2D eigenvalue weighted by atomic mass is 16.3. The van der Waals surface area contributed by atoms with Crippen LogP contribution in [0.1, 0.15) is 51.4 Å². The fraction of sp³-hybridized carbons (Fsp3) is 0.857. The van der Waals surface area contributed by atoms with Gasteiger partial charge in [0.1, 0.15) is 0 Å². The highest BCUT2D eigenvalue weighted by Crippen LogP contribution is 2.18. The van der Waals surface area contributed by atoms with E-state index in [1.165, 1.54) is 0 Å². The van der Waals surface area contributed by atoms with Gasteiger partial charge in [0.15, 0.2) is 0 Å². The first kappa shape index (κ1) is 22.9. The van der Waals surface area contributed by atoms with Crippen LogP contribution in [0.5, 0.6) is 0 Å². The van der Waals surface area contributed by atoms with Crippen LogP contribution in [0.2, 0.25) is 0 Å². The molecule has 2 saturated carbocycles. The minimum atomic E-state index is -0.140. The first-order valence-corrected chi connectivity index (χ1v) is 7.21. The van der Waals surface area contributed by atoms with Gasteiger partial charge in [-0.15, -0.1) is 0 Å². The zero-order valence-electron chi connectivity index (χ0n) is 12.6. The van der Waals surface area contributed by atoms with Crippen LogP contribution in [-0.4, -0.2) is 57.0 Å². The topological polar surface area (TPSA) is 163 Å². The van der Waals surface area contributed by atoms with Gasteiger partial charge in [0, 0.05) is 0 Å². The van der Waals surface area contributed by atoms with E-state index in [1.54, 1.807) is 0 Å². The Morgan fingerprint density at radius 1 is 0.545 bits per heavy atom. The van der Waals surface area contributed by atoms with Crippen LogP contribution in [0, 0.1) is 10.8 Å². The van der Waals surface area contributed by atoms with E-state index in [2.05, 4.69) is 0 Å². The van der Waals surface area contributed by atoms with Crippen molar-refractivity contribution in [1.82, 2.24) is 0 Å². The lowest BCUT2D eigenvalue weighted by atomic mass is 9.95. The third-order valence-corrected chi connectivity index (χ3v) is 3.33. The van der Waals surface area contributed by atoms with Crippen molar-refractivity contribution >= 4 is 12.2 Å².